The van der Waals surface area contributed by atoms with Gasteiger partial charge >= 0.3 is 0 Å². The summed E-state index contributed by atoms with van der Waals surface area (Å²) in [5, 5.41) is 3.08. The van der Waals surface area contributed by atoms with Gasteiger partial charge in [0.1, 0.15) is 0 Å². The SMILES string of the molecule is CN=C(NCC(=O)N(C)C)N1CCN(c2nccn(C)c2=O)CC1.I. The van der Waals surface area contributed by atoms with Gasteiger partial charge in [0.2, 0.25) is 5.91 Å². The van der Waals surface area contributed by atoms with E-state index in [1.807, 2.05) is 4.90 Å². The molecule has 2 heterocycles. The second-order valence-corrected chi connectivity index (χ2v) is 5.83. The van der Waals surface area contributed by atoms with E-state index in [9.17, 15) is 9.59 Å². The van der Waals surface area contributed by atoms with Crippen molar-refractivity contribution in [2.75, 3.05) is 58.8 Å². The van der Waals surface area contributed by atoms with Gasteiger partial charge in [0.15, 0.2) is 11.8 Å². The first-order chi connectivity index (χ1) is 11.4. The Morgan fingerprint density at radius 3 is 2.52 bits per heavy atom. The maximum atomic E-state index is 12.1. The Hall–Kier alpha value is -1.85. The number of aromatic nitrogens is 2. The zero-order chi connectivity index (χ0) is 17.7. The number of halogens is 1. The molecule has 0 aliphatic carbocycles. The number of guanidine groups is 1. The van der Waals surface area contributed by atoms with Crippen LogP contribution in [0.15, 0.2) is 22.2 Å². The number of anilines is 1. The Balaban J connectivity index is 0.00000312. The van der Waals surface area contributed by atoms with E-state index in [0.29, 0.717) is 38.0 Å². The summed E-state index contributed by atoms with van der Waals surface area (Å²) in [6.45, 7) is 2.97. The smallest absolute Gasteiger partial charge is 0.293 e. The van der Waals surface area contributed by atoms with Crippen molar-refractivity contribution in [3.63, 3.8) is 0 Å². The van der Waals surface area contributed by atoms with E-state index >= 15 is 0 Å². The topological polar surface area (TPSA) is 86.1 Å². The monoisotopic (exact) mass is 463 g/mol. The van der Waals surface area contributed by atoms with E-state index in [4.69, 9.17) is 0 Å². The minimum Gasteiger partial charge on any atom is -0.348 e. The number of aliphatic imine (C=N–C) groups is 1. The number of hydrogen-bond acceptors (Lipinski definition) is 5. The predicted octanol–water partition coefficient (Wildman–Crippen LogP) is -0.816. The third-order valence-corrected chi connectivity index (χ3v) is 3.99. The summed E-state index contributed by atoms with van der Waals surface area (Å²) in [5.74, 6) is 1.16. The first-order valence-electron chi connectivity index (χ1n) is 7.86. The van der Waals surface area contributed by atoms with E-state index in [-0.39, 0.29) is 42.0 Å². The van der Waals surface area contributed by atoms with E-state index in [1.54, 1.807) is 40.6 Å². The average Bonchev–Trinajstić information content (AvgIpc) is 2.58. The summed E-state index contributed by atoms with van der Waals surface area (Å²) < 4.78 is 1.53. The molecule has 25 heavy (non-hydrogen) atoms. The van der Waals surface area contributed by atoms with E-state index in [2.05, 4.69) is 20.2 Å². The van der Waals surface area contributed by atoms with Crippen LogP contribution >= 0.6 is 24.0 Å². The van der Waals surface area contributed by atoms with Gasteiger partial charge in [-0.2, -0.15) is 0 Å². The molecule has 1 amide bonds. The minimum atomic E-state index is -0.0926. The highest BCUT2D eigenvalue weighted by molar-refractivity contribution is 14.0. The lowest BCUT2D eigenvalue weighted by Crippen LogP contribution is -2.54. The molecule has 10 heteroatoms. The number of carbonyl (C=O) groups is 1. The molecule has 1 aliphatic rings. The van der Waals surface area contributed by atoms with Crippen LogP contribution in [0.2, 0.25) is 0 Å². The Morgan fingerprint density at radius 2 is 1.96 bits per heavy atom. The molecule has 1 aliphatic heterocycles. The largest absolute Gasteiger partial charge is 0.348 e. The van der Waals surface area contributed by atoms with Crippen molar-refractivity contribution in [2.45, 2.75) is 0 Å². The Morgan fingerprint density at radius 1 is 1.32 bits per heavy atom. The van der Waals surface area contributed by atoms with E-state index in [0.717, 1.165) is 0 Å². The molecule has 0 bridgehead atoms. The number of likely N-dealkylation sites (N-methyl/N-ethyl adjacent to an activating group) is 1. The Kier molecular flexibility index (Phi) is 8.13. The van der Waals surface area contributed by atoms with Gasteiger partial charge in [0, 0.05) is 66.8 Å². The van der Waals surface area contributed by atoms with Crippen LogP contribution in [0.25, 0.3) is 0 Å². The van der Waals surface area contributed by atoms with Crippen molar-refractivity contribution in [2.24, 2.45) is 12.0 Å². The number of nitrogens with one attached hydrogen (secondary N) is 1. The first kappa shape index (κ1) is 21.2. The maximum absolute atomic E-state index is 12.1. The van der Waals surface area contributed by atoms with Crippen molar-refractivity contribution in [3.05, 3.63) is 22.7 Å². The standard InChI is InChI=1S/C15H25N7O2.HI/c1-16-15(18-11-12(23)19(2)3)22-9-7-21(8-10-22)13-14(24)20(4)6-5-17-13;/h5-6H,7-11H2,1-4H3,(H,16,18);1H. The molecule has 140 valence electrons. The Labute approximate surface area is 164 Å². The number of nitrogens with zero attached hydrogens (tertiary/aromatic N) is 6. The van der Waals surface area contributed by atoms with Gasteiger partial charge < -0.3 is 24.6 Å². The number of amides is 1. The summed E-state index contributed by atoms with van der Waals surface area (Å²) in [5.41, 5.74) is -0.0926. The third-order valence-electron chi connectivity index (χ3n) is 3.99. The molecule has 0 spiro atoms. The van der Waals surface area contributed by atoms with E-state index < -0.39 is 0 Å². The molecule has 9 nitrogen and oxygen atoms in total. The number of piperazine rings is 1. The second-order valence-electron chi connectivity index (χ2n) is 5.83. The van der Waals surface area contributed by atoms with Crippen LogP contribution in [0.1, 0.15) is 0 Å². The summed E-state index contributed by atoms with van der Waals surface area (Å²) in [6, 6.07) is 0. The van der Waals surface area contributed by atoms with Crippen LogP contribution < -0.4 is 15.8 Å². The second kappa shape index (κ2) is 9.59. The van der Waals surface area contributed by atoms with Gasteiger partial charge in [0.25, 0.3) is 5.56 Å². The third kappa shape index (κ3) is 5.31. The van der Waals surface area contributed by atoms with Crippen molar-refractivity contribution in [3.8, 4) is 0 Å². The highest BCUT2D eigenvalue weighted by Gasteiger charge is 2.22. The highest BCUT2D eigenvalue weighted by Crippen LogP contribution is 2.08. The zero-order valence-electron chi connectivity index (χ0n) is 15.1. The van der Waals surface area contributed by atoms with Crippen LogP contribution in [0.3, 0.4) is 0 Å². The predicted molar refractivity (Wildman–Crippen MR) is 109 cm³/mol. The van der Waals surface area contributed by atoms with Crippen LogP contribution in [0.4, 0.5) is 5.82 Å². The quantitative estimate of drug-likeness (QED) is 0.359. The number of rotatable bonds is 3. The van der Waals surface area contributed by atoms with Crippen molar-refractivity contribution in [1.82, 2.24) is 24.7 Å². The van der Waals surface area contributed by atoms with Crippen LogP contribution in [0, 0.1) is 0 Å². The molecule has 0 radical (unpaired) electrons. The van der Waals surface area contributed by atoms with Gasteiger partial charge in [0.05, 0.1) is 6.54 Å². The van der Waals surface area contributed by atoms with Crippen molar-refractivity contribution >= 4 is 41.7 Å². The van der Waals surface area contributed by atoms with Gasteiger partial charge in [-0.25, -0.2) is 4.98 Å². The molecule has 1 fully saturated rings. The fraction of sp³-hybridized carbons (Fsp3) is 0.600. The molecular weight excluding hydrogens is 437 g/mol. The van der Waals surface area contributed by atoms with Crippen LogP contribution in [-0.2, 0) is 11.8 Å². The lowest BCUT2D eigenvalue weighted by Gasteiger charge is -2.36. The lowest BCUT2D eigenvalue weighted by atomic mass is 10.3. The molecule has 1 N–H and O–H groups in total. The fourth-order valence-corrected chi connectivity index (χ4v) is 2.48. The normalized spacial score (nSPS) is 14.8. The molecular formula is C15H26IN7O2. The fourth-order valence-electron chi connectivity index (χ4n) is 2.48. The average molecular weight is 463 g/mol. The minimum absolute atomic E-state index is 0. The van der Waals surface area contributed by atoms with Crippen molar-refractivity contribution < 1.29 is 4.79 Å². The number of aryl methyl sites for hydroxylation is 1. The van der Waals surface area contributed by atoms with Crippen molar-refractivity contribution in [1.29, 1.82) is 0 Å². The highest BCUT2D eigenvalue weighted by atomic mass is 127. The van der Waals surface area contributed by atoms with E-state index in [1.165, 1.54) is 9.47 Å². The van der Waals surface area contributed by atoms with Crippen LogP contribution in [-0.4, -0.2) is 85.1 Å². The Bertz CT molecular complexity index is 666. The molecule has 0 aromatic carbocycles. The van der Waals surface area contributed by atoms with Gasteiger partial charge in [-0.1, -0.05) is 0 Å². The molecule has 0 unspecified atom stereocenters. The number of carbonyl (C=O) groups excluding carboxylic acids is 1. The molecule has 0 saturated carbocycles. The van der Waals surface area contributed by atoms with Gasteiger partial charge in [-0.3, -0.25) is 14.6 Å². The lowest BCUT2D eigenvalue weighted by molar-refractivity contribution is -0.127. The zero-order valence-corrected chi connectivity index (χ0v) is 17.4. The number of hydrogen-bond donors (Lipinski definition) is 1. The van der Waals surface area contributed by atoms with Gasteiger partial charge in [-0.05, 0) is 0 Å². The molecule has 0 atom stereocenters. The van der Waals surface area contributed by atoms with Crippen LogP contribution in [0.5, 0.6) is 0 Å². The summed E-state index contributed by atoms with van der Waals surface area (Å²) in [4.78, 5) is 37.9. The summed E-state index contributed by atoms with van der Waals surface area (Å²) in [7, 11) is 6.86. The summed E-state index contributed by atoms with van der Waals surface area (Å²) >= 11 is 0. The summed E-state index contributed by atoms with van der Waals surface area (Å²) in [6.07, 6.45) is 3.28. The molecule has 1 aromatic heterocycles. The molecule has 1 aromatic rings. The maximum Gasteiger partial charge on any atom is 0.293 e. The van der Waals surface area contributed by atoms with Gasteiger partial charge in [-0.15, -0.1) is 24.0 Å². The molecule has 2 rings (SSSR count). The molecule has 1 saturated heterocycles. The first-order valence-corrected chi connectivity index (χ1v) is 7.86.